The summed E-state index contributed by atoms with van der Waals surface area (Å²) in [6, 6.07) is 6.66. The molecule has 120 valence electrons. The lowest BCUT2D eigenvalue weighted by Crippen LogP contribution is -2.34. The molecular formula is C14H13N3O6. The zero-order valence-electron chi connectivity index (χ0n) is 12.1. The molecule has 1 aromatic carbocycles. The molecular weight excluding hydrogens is 306 g/mol. The molecule has 0 bridgehead atoms. The molecule has 2 rings (SSSR count). The summed E-state index contributed by atoms with van der Waals surface area (Å²) in [5.41, 5.74) is 4.93. The van der Waals surface area contributed by atoms with Gasteiger partial charge in [0, 0.05) is 18.2 Å². The molecule has 0 fully saturated rings. The van der Waals surface area contributed by atoms with Crippen molar-refractivity contribution in [2.24, 2.45) is 0 Å². The summed E-state index contributed by atoms with van der Waals surface area (Å²) in [7, 11) is 0. The standard InChI is InChI=1S/C14H13N3O6/c1-9-14(12(18)6-7-22-9)23-8-13(19)16-15-10-2-4-11(5-3-10)17(20)21/h2-7,15H,8H2,1H3,(H,16,19). The summed E-state index contributed by atoms with van der Waals surface area (Å²) in [6.07, 6.45) is 1.24. The summed E-state index contributed by atoms with van der Waals surface area (Å²) in [5.74, 6) is -0.294. The Hall–Kier alpha value is -3.36. The Morgan fingerprint density at radius 2 is 2.00 bits per heavy atom. The minimum atomic E-state index is -0.536. The van der Waals surface area contributed by atoms with Crippen LogP contribution in [-0.4, -0.2) is 17.4 Å². The van der Waals surface area contributed by atoms with Crippen molar-refractivity contribution in [1.82, 2.24) is 5.43 Å². The number of rotatable bonds is 6. The molecule has 0 unspecified atom stereocenters. The van der Waals surface area contributed by atoms with E-state index in [0.717, 1.165) is 0 Å². The first-order valence-corrected chi connectivity index (χ1v) is 6.48. The highest BCUT2D eigenvalue weighted by Gasteiger charge is 2.10. The smallest absolute Gasteiger partial charge is 0.276 e. The van der Waals surface area contributed by atoms with Gasteiger partial charge in [-0.3, -0.25) is 30.6 Å². The fraction of sp³-hybridized carbons (Fsp3) is 0.143. The summed E-state index contributed by atoms with van der Waals surface area (Å²) in [4.78, 5) is 33.2. The molecule has 0 aliphatic carbocycles. The third kappa shape index (κ3) is 4.30. The van der Waals surface area contributed by atoms with Gasteiger partial charge in [-0.1, -0.05) is 0 Å². The van der Waals surface area contributed by atoms with E-state index in [0.29, 0.717) is 5.69 Å². The number of hydrazine groups is 1. The van der Waals surface area contributed by atoms with Crippen molar-refractivity contribution in [3.8, 4) is 5.75 Å². The molecule has 0 atom stereocenters. The second kappa shape index (κ2) is 7.07. The van der Waals surface area contributed by atoms with E-state index in [1.165, 1.54) is 36.6 Å². The van der Waals surface area contributed by atoms with Gasteiger partial charge in [0.15, 0.2) is 6.61 Å². The Kier molecular flexibility index (Phi) is 4.92. The fourth-order valence-corrected chi connectivity index (χ4v) is 1.66. The van der Waals surface area contributed by atoms with Gasteiger partial charge in [0.25, 0.3) is 11.6 Å². The fourth-order valence-electron chi connectivity index (χ4n) is 1.66. The van der Waals surface area contributed by atoms with Gasteiger partial charge in [-0.05, 0) is 19.1 Å². The van der Waals surface area contributed by atoms with Crippen LogP contribution >= 0.6 is 0 Å². The third-order valence-electron chi connectivity index (χ3n) is 2.78. The molecule has 0 saturated heterocycles. The molecule has 2 aromatic rings. The number of nitro benzene ring substituents is 1. The van der Waals surface area contributed by atoms with Crippen LogP contribution in [0.1, 0.15) is 5.76 Å². The van der Waals surface area contributed by atoms with E-state index in [9.17, 15) is 19.7 Å². The number of anilines is 1. The minimum Gasteiger partial charge on any atom is -0.476 e. The maximum atomic E-state index is 11.6. The maximum Gasteiger partial charge on any atom is 0.276 e. The predicted molar refractivity (Wildman–Crippen MR) is 80.1 cm³/mol. The number of amides is 1. The van der Waals surface area contributed by atoms with Gasteiger partial charge in [0.2, 0.25) is 11.2 Å². The van der Waals surface area contributed by atoms with E-state index in [4.69, 9.17) is 9.15 Å². The second-order valence-electron chi connectivity index (χ2n) is 4.44. The van der Waals surface area contributed by atoms with Crippen molar-refractivity contribution in [2.45, 2.75) is 6.92 Å². The van der Waals surface area contributed by atoms with Crippen LogP contribution in [0.15, 0.2) is 45.8 Å². The van der Waals surface area contributed by atoms with Crippen molar-refractivity contribution >= 4 is 17.3 Å². The van der Waals surface area contributed by atoms with Gasteiger partial charge >= 0.3 is 0 Å². The third-order valence-corrected chi connectivity index (χ3v) is 2.78. The Morgan fingerprint density at radius 3 is 2.61 bits per heavy atom. The van der Waals surface area contributed by atoms with Crippen molar-refractivity contribution < 1.29 is 18.9 Å². The first-order chi connectivity index (χ1) is 11.0. The number of nitrogens with zero attached hydrogens (tertiary/aromatic N) is 1. The molecule has 1 heterocycles. The van der Waals surface area contributed by atoms with Crippen LogP contribution in [0.25, 0.3) is 0 Å². The number of carbonyl (C=O) groups excluding carboxylic acids is 1. The number of nitro groups is 1. The van der Waals surface area contributed by atoms with Gasteiger partial charge < -0.3 is 9.15 Å². The van der Waals surface area contributed by atoms with E-state index >= 15 is 0 Å². The van der Waals surface area contributed by atoms with Crippen LogP contribution in [0.2, 0.25) is 0 Å². The number of hydrogen-bond donors (Lipinski definition) is 2. The number of aryl methyl sites for hydroxylation is 1. The van der Waals surface area contributed by atoms with E-state index in [2.05, 4.69) is 10.9 Å². The van der Waals surface area contributed by atoms with E-state index < -0.39 is 17.4 Å². The lowest BCUT2D eigenvalue weighted by atomic mass is 10.3. The monoisotopic (exact) mass is 319 g/mol. The SMILES string of the molecule is Cc1occc(=O)c1OCC(=O)NNc1ccc([N+](=O)[O-])cc1. The van der Waals surface area contributed by atoms with Crippen LogP contribution in [0, 0.1) is 17.0 Å². The molecule has 0 saturated carbocycles. The van der Waals surface area contributed by atoms with Gasteiger partial charge in [0.05, 0.1) is 16.9 Å². The zero-order valence-corrected chi connectivity index (χ0v) is 12.1. The predicted octanol–water partition coefficient (Wildman–Crippen LogP) is 1.38. The van der Waals surface area contributed by atoms with Gasteiger partial charge in [-0.15, -0.1) is 0 Å². The Labute approximate surface area is 130 Å². The molecule has 2 N–H and O–H groups in total. The molecule has 0 aliphatic rings. The van der Waals surface area contributed by atoms with Crippen molar-refractivity contribution in [1.29, 1.82) is 0 Å². The number of nitrogens with one attached hydrogen (secondary N) is 2. The molecule has 9 nitrogen and oxygen atoms in total. The highest BCUT2D eigenvalue weighted by Crippen LogP contribution is 2.14. The molecule has 0 spiro atoms. The van der Waals surface area contributed by atoms with Crippen molar-refractivity contribution in [3.05, 3.63) is 62.7 Å². The lowest BCUT2D eigenvalue weighted by molar-refractivity contribution is -0.384. The Balaban J connectivity index is 1.86. The Bertz CT molecular complexity index is 769. The van der Waals surface area contributed by atoms with Gasteiger partial charge in [0.1, 0.15) is 5.76 Å². The second-order valence-corrected chi connectivity index (χ2v) is 4.44. The minimum absolute atomic E-state index is 0.0296. The highest BCUT2D eigenvalue weighted by atomic mass is 16.6. The number of benzene rings is 1. The normalized spacial score (nSPS) is 9.96. The number of ether oxygens (including phenoxy) is 1. The highest BCUT2D eigenvalue weighted by molar-refractivity contribution is 5.78. The van der Waals surface area contributed by atoms with E-state index in [1.54, 1.807) is 6.92 Å². The lowest BCUT2D eigenvalue weighted by Gasteiger charge is -2.09. The first kappa shape index (κ1) is 16.0. The van der Waals surface area contributed by atoms with Crippen LogP contribution < -0.4 is 21.0 Å². The molecule has 9 heteroatoms. The summed E-state index contributed by atoms with van der Waals surface area (Å²) < 4.78 is 10.1. The van der Waals surface area contributed by atoms with Crippen molar-refractivity contribution in [2.75, 3.05) is 12.0 Å². The number of hydrogen-bond acceptors (Lipinski definition) is 7. The van der Waals surface area contributed by atoms with Crippen molar-refractivity contribution in [3.63, 3.8) is 0 Å². The number of carbonyl (C=O) groups is 1. The van der Waals surface area contributed by atoms with E-state index in [-0.39, 0.29) is 22.6 Å². The Morgan fingerprint density at radius 1 is 1.30 bits per heavy atom. The van der Waals surface area contributed by atoms with Crippen LogP contribution in [0.3, 0.4) is 0 Å². The molecule has 1 aromatic heterocycles. The number of non-ortho nitro benzene ring substituents is 1. The van der Waals surface area contributed by atoms with E-state index in [1.807, 2.05) is 0 Å². The molecule has 0 radical (unpaired) electrons. The average Bonchev–Trinajstić information content (AvgIpc) is 2.53. The average molecular weight is 319 g/mol. The van der Waals surface area contributed by atoms with Gasteiger partial charge in [-0.2, -0.15) is 0 Å². The quantitative estimate of drug-likeness (QED) is 0.608. The molecule has 1 amide bonds. The molecule has 23 heavy (non-hydrogen) atoms. The van der Waals surface area contributed by atoms with Gasteiger partial charge in [-0.25, -0.2) is 0 Å². The summed E-state index contributed by atoms with van der Waals surface area (Å²) in [5, 5.41) is 10.5. The molecule has 0 aliphatic heterocycles. The topological polar surface area (TPSA) is 124 Å². The summed E-state index contributed by atoms with van der Waals surface area (Å²) in [6.45, 7) is 1.15. The maximum absolute atomic E-state index is 11.6. The largest absolute Gasteiger partial charge is 0.476 e. The summed E-state index contributed by atoms with van der Waals surface area (Å²) >= 11 is 0. The van der Waals surface area contributed by atoms with Crippen LogP contribution in [0.5, 0.6) is 5.75 Å². The first-order valence-electron chi connectivity index (χ1n) is 6.48. The zero-order chi connectivity index (χ0) is 16.8. The van der Waals surface area contributed by atoms with Crippen LogP contribution in [0.4, 0.5) is 11.4 Å². The van der Waals surface area contributed by atoms with Crippen LogP contribution in [-0.2, 0) is 4.79 Å².